The molecule has 0 radical (unpaired) electrons. The van der Waals surface area contributed by atoms with Gasteiger partial charge in [-0.05, 0) is 61.6 Å². The quantitative estimate of drug-likeness (QED) is 0.407. The summed E-state index contributed by atoms with van der Waals surface area (Å²) in [6, 6.07) is 20.4. The molecule has 33 heavy (non-hydrogen) atoms. The van der Waals surface area contributed by atoms with Crippen molar-refractivity contribution in [3.05, 3.63) is 111 Å². The fraction of sp³-hybridized carbons (Fsp3) is 0.214. The summed E-state index contributed by atoms with van der Waals surface area (Å²) in [6.07, 6.45) is 1.71. The first kappa shape index (κ1) is 21.0. The lowest BCUT2D eigenvalue weighted by Gasteiger charge is -2.20. The Hall–Kier alpha value is -3.86. The number of fused-ring (bicyclic) bond motifs is 2. The van der Waals surface area contributed by atoms with E-state index in [4.69, 9.17) is 4.42 Å². The van der Waals surface area contributed by atoms with Gasteiger partial charge in [-0.25, -0.2) is 4.79 Å². The van der Waals surface area contributed by atoms with Crippen molar-refractivity contribution < 1.29 is 14.3 Å². The van der Waals surface area contributed by atoms with E-state index in [0.29, 0.717) is 22.4 Å². The second-order valence-electron chi connectivity index (χ2n) is 8.83. The summed E-state index contributed by atoms with van der Waals surface area (Å²) in [5.41, 5.74) is 5.62. The Balaban J connectivity index is 1.57. The van der Waals surface area contributed by atoms with Crippen LogP contribution in [0.25, 0.3) is 11.0 Å². The molecule has 166 valence electrons. The zero-order chi connectivity index (χ0) is 23.1. The van der Waals surface area contributed by atoms with Crippen LogP contribution in [0.2, 0.25) is 0 Å². The lowest BCUT2D eigenvalue weighted by molar-refractivity contribution is 0.0698. The number of rotatable bonds is 5. The standard InChI is InChI=1S/C28H25NO4/c1-16-11-22(17(2)29-24-10-6-5-9-21(24)28(31)32)27-23(12-16)25(30)15-26(33-27)20-13-18-7-3-4-8-19(18)14-20/h3-12,15,17,20,29H,13-14H2,1-2H3,(H,31,32)/t17-/m1/s1. The SMILES string of the molecule is Cc1cc([C@@H](C)Nc2ccccc2C(=O)O)c2oc(C3Cc4ccccc4C3)cc(=O)c2c1. The van der Waals surface area contributed by atoms with Gasteiger partial charge in [0.15, 0.2) is 5.43 Å². The number of nitrogens with one attached hydrogen (secondary N) is 1. The van der Waals surface area contributed by atoms with Crippen LogP contribution in [0.4, 0.5) is 5.69 Å². The summed E-state index contributed by atoms with van der Waals surface area (Å²) in [6.45, 7) is 3.90. The third-order valence-electron chi connectivity index (χ3n) is 6.47. The van der Waals surface area contributed by atoms with Crippen LogP contribution < -0.4 is 10.7 Å². The van der Waals surface area contributed by atoms with E-state index in [0.717, 1.165) is 24.0 Å². The minimum absolute atomic E-state index is 0.0507. The number of para-hydroxylation sites is 1. The Bertz CT molecular complexity index is 1410. The van der Waals surface area contributed by atoms with Gasteiger partial charge in [-0.3, -0.25) is 4.79 Å². The van der Waals surface area contributed by atoms with Crippen LogP contribution in [0.15, 0.2) is 75.9 Å². The number of hydrogen-bond acceptors (Lipinski definition) is 4. The van der Waals surface area contributed by atoms with Crippen molar-refractivity contribution in [2.75, 3.05) is 5.32 Å². The third kappa shape index (κ3) is 3.91. The summed E-state index contributed by atoms with van der Waals surface area (Å²) < 4.78 is 6.42. The van der Waals surface area contributed by atoms with Crippen molar-refractivity contribution in [1.82, 2.24) is 0 Å². The van der Waals surface area contributed by atoms with Gasteiger partial charge in [-0.1, -0.05) is 42.5 Å². The summed E-state index contributed by atoms with van der Waals surface area (Å²) in [4.78, 5) is 24.7. The van der Waals surface area contributed by atoms with E-state index in [2.05, 4.69) is 17.4 Å². The van der Waals surface area contributed by atoms with E-state index >= 15 is 0 Å². The highest BCUT2D eigenvalue weighted by molar-refractivity contribution is 5.94. The highest BCUT2D eigenvalue weighted by Crippen LogP contribution is 2.36. The van der Waals surface area contributed by atoms with Crippen molar-refractivity contribution in [2.24, 2.45) is 0 Å². The van der Waals surface area contributed by atoms with E-state index in [1.807, 2.05) is 38.1 Å². The molecule has 4 aromatic rings. The van der Waals surface area contributed by atoms with Crippen LogP contribution in [0, 0.1) is 6.92 Å². The van der Waals surface area contributed by atoms with Crippen molar-refractivity contribution in [3.8, 4) is 0 Å². The number of aryl methyl sites for hydroxylation is 1. The predicted octanol–water partition coefficient (Wildman–Crippen LogP) is 5.86. The smallest absolute Gasteiger partial charge is 0.337 e. The van der Waals surface area contributed by atoms with Crippen LogP contribution in [0.3, 0.4) is 0 Å². The van der Waals surface area contributed by atoms with Crippen LogP contribution in [0.1, 0.15) is 57.3 Å². The van der Waals surface area contributed by atoms with Gasteiger partial charge in [-0.2, -0.15) is 0 Å². The van der Waals surface area contributed by atoms with Crippen LogP contribution in [-0.4, -0.2) is 11.1 Å². The van der Waals surface area contributed by atoms with Crippen molar-refractivity contribution in [2.45, 2.75) is 38.6 Å². The van der Waals surface area contributed by atoms with Gasteiger partial charge >= 0.3 is 5.97 Å². The zero-order valence-corrected chi connectivity index (χ0v) is 18.6. The normalized spacial score (nSPS) is 14.2. The van der Waals surface area contributed by atoms with Gasteiger partial charge in [-0.15, -0.1) is 0 Å². The molecule has 1 atom stereocenters. The first-order valence-electron chi connectivity index (χ1n) is 11.1. The van der Waals surface area contributed by atoms with Gasteiger partial charge < -0.3 is 14.8 Å². The number of carboxylic acid groups (broad SMARTS) is 1. The predicted molar refractivity (Wildman–Crippen MR) is 129 cm³/mol. The largest absolute Gasteiger partial charge is 0.478 e. The molecule has 0 fully saturated rings. The molecule has 0 saturated heterocycles. The molecule has 0 aliphatic heterocycles. The fourth-order valence-corrected chi connectivity index (χ4v) is 4.84. The third-order valence-corrected chi connectivity index (χ3v) is 6.47. The second-order valence-corrected chi connectivity index (χ2v) is 8.83. The van der Waals surface area contributed by atoms with E-state index in [1.165, 1.54) is 11.1 Å². The van der Waals surface area contributed by atoms with Gasteiger partial charge in [0.1, 0.15) is 11.3 Å². The van der Waals surface area contributed by atoms with E-state index in [1.54, 1.807) is 30.3 Å². The zero-order valence-electron chi connectivity index (χ0n) is 18.6. The van der Waals surface area contributed by atoms with Gasteiger partial charge in [0.25, 0.3) is 0 Å². The van der Waals surface area contributed by atoms with Crippen LogP contribution in [-0.2, 0) is 12.8 Å². The van der Waals surface area contributed by atoms with Crippen LogP contribution in [0.5, 0.6) is 0 Å². The Morgan fingerprint density at radius 3 is 2.39 bits per heavy atom. The highest BCUT2D eigenvalue weighted by Gasteiger charge is 2.26. The van der Waals surface area contributed by atoms with E-state index in [9.17, 15) is 14.7 Å². The molecular weight excluding hydrogens is 414 g/mol. The Kier molecular flexibility index (Phi) is 5.25. The molecular formula is C28H25NO4. The molecule has 0 bridgehead atoms. The topological polar surface area (TPSA) is 79.5 Å². The van der Waals surface area contributed by atoms with Crippen molar-refractivity contribution in [3.63, 3.8) is 0 Å². The molecule has 5 heteroatoms. The highest BCUT2D eigenvalue weighted by atomic mass is 16.4. The maximum Gasteiger partial charge on any atom is 0.337 e. The molecule has 1 heterocycles. The Labute approximate surface area is 191 Å². The second kappa shape index (κ2) is 8.24. The monoisotopic (exact) mass is 439 g/mol. The number of carboxylic acids is 1. The molecule has 0 amide bonds. The minimum atomic E-state index is -0.992. The Morgan fingerprint density at radius 1 is 1.03 bits per heavy atom. The first-order chi connectivity index (χ1) is 15.9. The molecule has 1 aliphatic carbocycles. The number of anilines is 1. The van der Waals surface area contributed by atoms with Gasteiger partial charge in [0.2, 0.25) is 0 Å². The van der Waals surface area contributed by atoms with E-state index < -0.39 is 5.97 Å². The molecule has 1 aliphatic rings. The van der Waals surface area contributed by atoms with E-state index in [-0.39, 0.29) is 23.0 Å². The lowest BCUT2D eigenvalue weighted by atomic mass is 9.98. The Morgan fingerprint density at radius 2 is 1.70 bits per heavy atom. The summed E-state index contributed by atoms with van der Waals surface area (Å²) in [5.74, 6) is -0.161. The average molecular weight is 440 g/mol. The van der Waals surface area contributed by atoms with Gasteiger partial charge in [0.05, 0.1) is 17.0 Å². The maximum atomic E-state index is 13.1. The minimum Gasteiger partial charge on any atom is -0.478 e. The molecule has 1 aromatic heterocycles. The number of hydrogen-bond donors (Lipinski definition) is 2. The van der Waals surface area contributed by atoms with Crippen molar-refractivity contribution in [1.29, 1.82) is 0 Å². The number of carbonyl (C=O) groups is 1. The van der Waals surface area contributed by atoms with Crippen LogP contribution >= 0.6 is 0 Å². The molecule has 5 rings (SSSR count). The molecule has 5 nitrogen and oxygen atoms in total. The van der Waals surface area contributed by atoms with Gasteiger partial charge in [0, 0.05) is 23.2 Å². The number of aromatic carboxylic acids is 1. The number of benzene rings is 3. The molecule has 0 unspecified atom stereocenters. The fourth-order valence-electron chi connectivity index (χ4n) is 4.84. The average Bonchev–Trinajstić information content (AvgIpc) is 3.23. The summed E-state index contributed by atoms with van der Waals surface area (Å²) >= 11 is 0. The molecule has 3 aromatic carbocycles. The molecule has 0 saturated carbocycles. The van der Waals surface area contributed by atoms with Crippen molar-refractivity contribution >= 4 is 22.6 Å². The molecule has 2 N–H and O–H groups in total. The molecule has 0 spiro atoms. The maximum absolute atomic E-state index is 13.1. The summed E-state index contributed by atoms with van der Waals surface area (Å²) in [5, 5.41) is 13.4. The lowest BCUT2D eigenvalue weighted by Crippen LogP contribution is -2.13. The summed E-state index contributed by atoms with van der Waals surface area (Å²) in [7, 11) is 0. The first-order valence-corrected chi connectivity index (χ1v) is 11.1.